The molecule has 2 nitrogen and oxygen atoms in total. The zero-order chi connectivity index (χ0) is 15.2. The third-order valence-corrected chi connectivity index (χ3v) is 3.77. The highest BCUT2D eigenvalue weighted by Crippen LogP contribution is 2.23. The second-order valence-corrected chi connectivity index (χ2v) is 5.66. The van der Waals surface area contributed by atoms with Crippen molar-refractivity contribution in [2.24, 2.45) is 0 Å². The van der Waals surface area contributed by atoms with E-state index in [1.54, 1.807) is 0 Å². The molecule has 2 rings (SSSR count). The molecule has 0 aliphatic heterocycles. The van der Waals surface area contributed by atoms with Gasteiger partial charge in [-0.3, -0.25) is 0 Å². The van der Waals surface area contributed by atoms with Crippen molar-refractivity contribution in [2.45, 2.75) is 33.4 Å². The minimum Gasteiger partial charge on any atom is -0.489 e. The minimum atomic E-state index is 0.360. The van der Waals surface area contributed by atoms with Crippen molar-refractivity contribution in [2.75, 3.05) is 6.54 Å². The van der Waals surface area contributed by atoms with Crippen molar-refractivity contribution < 1.29 is 4.74 Å². The summed E-state index contributed by atoms with van der Waals surface area (Å²) >= 11 is 5.88. The number of rotatable bonds is 6. The van der Waals surface area contributed by atoms with Crippen LogP contribution in [-0.2, 0) is 6.61 Å². The fourth-order valence-corrected chi connectivity index (χ4v) is 2.40. The summed E-state index contributed by atoms with van der Waals surface area (Å²) in [6.45, 7) is 7.90. The van der Waals surface area contributed by atoms with E-state index in [0.29, 0.717) is 12.6 Å². The lowest BCUT2D eigenvalue weighted by atomic mass is 10.1. The molecule has 112 valence electrons. The number of hydrogen-bond donors (Lipinski definition) is 1. The summed E-state index contributed by atoms with van der Waals surface area (Å²) in [4.78, 5) is 0. The van der Waals surface area contributed by atoms with Gasteiger partial charge in [0.15, 0.2) is 0 Å². The van der Waals surface area contributed by atoms with Crippen LogP contribution in [0.15, 0.2) is 42.5 Å². The van der Waals surface area contributed by atoms with Crippen LogP contribution in [0.4, 0.5) is 0 Å². The molecule has 0 aromatic heterocycles. The first-order chi connectivity index (χ1) is 10.1. The Morgan fingerprint density at radius 3 is 2.48 bits per heavy atom. The van der Waals surface area contributed by atoms with Crippen LogP contribution in [0, 0.1) is 6.92 Å². The van der Waals surface area contributed by atoms with Crippen LogP contribution in [0.3, 0.4) is 0 Å². The molecule has 0 amide bonds. The molecule has 3 heteroatoms. The number of halogens is 1. The van der Waals surface area contributed by atoms with Crippen molar-refractivity contribution in [3.8, 4) is 5.75 Å². The lowest BCUT2D eigenvalue weighted by molar-refractivity contribution is 0.304. The van der Waals surface area contributed by atoms with E-state index < -0.39 is 0 Å². The maximum Gasteiger partial charge on any atom is 0.122 e. The van der Waals surface area contributed by atoms with Crippen LogP contribution in [0.5, 0.6) is 5.75 Å². The Hall–Kier alpha value is -1.51. The lowest BCUT2D eigenvalue weighted by Gasteiger charge is -2.15. The van der Waals surface area contributed by atoms with E-state index in [1.807, 2.05) is 24.3 Å². The van der Waals surface area contributed by atoms with Gasteiger partial charge in [-0.1, -0.05) is 42.8 Å². The SMILES string of the molecule is CCNC(C)c1ccc(OCc2ccc(Cl)cc2)c(C)c1. The van der Waals surface area contributed by atoms with Gasteiger partial charge in [-0.2, -0.15) is 0 Å². The van der Waals surface area contributed by atoms with Gasteiger partial charge in [0, 0.05) is 11.1 Å². The van der Waals surface area contributed by atoms with Gasteiger partial charge in [0.05, 0.1) is 0 Å². The smallest absolute Gasteiger partial charge is 0.122 e. The fourth-order valence-electron chi connectivity index (χ4n) is 2.27. The summed E-state index contributed by atoms with van der Waals surface area (Å²) in [6, 6.07) is 14.5. The average Bonchev–Trinajstić information content (AvgIpc) is 2.48. The van der Waals surface area contributed by atoms with Gasteiger partial charge in [0.25, 0.3) is 0 Å². The number of nitrogens with one attached hydrogen (secondary N) is 1. The monoisotopic (exact) mass is 303 g/mol. The van der Waals surface area contributed by atoms with Crippen LogP contribution in [0.2, 0.25) is 5.02 Å². The maximum atomic E-state index is 5.89. The number of ether oxygens (including phenoxy) is 1. The molecule has 1 atom stereocenters. The Labute approximate surface area is 132 Å². The van der Waals surface area contributed by atoms with Gasteiger partial charge in [-0.05, 0) is 55.3 Å². The third kappa shape index (κ3) is 4.48. The molecule has 0 radical (unpaired) electrons. The molecular formula is C18H22ClNO. The van der Waals surface area contributed by atoms with Crippen LogP contribution in [0.25, 0.3) is 0 Å². The molecule has 0 fully saturated rings. The Balaban J connectivity index is 2.02. The molecule has 0 saturated heterocycles. The molecule has 2 aromatic rings. The zero-order valence-electron chi connectivity index (χ0n) is 12.8. The van der Waals surface area contributed by atoms with Crippen LogP contribution in [0.1, 0.15) is 36.6 Å². The number of benzene rings is 2. The zero-order valence-corrected chi connectivity index (χ0v) is 13.6. The van der Waals surface area contributed by atoms with Crippen molar-refractivity contribution in [3.05, 3.63) is 64.2 Å². The predicted molar refractivity (Wildman–Crippen MR) is 89.1 cm³/mol. The molecule has 0 bridgehead atoms. The van der Waals surface area contributed by atoms with Gasteiger partial charge >= 0.3 is 0 Å². The second-order valence-electron chi connectivity index (χ2n) is 5.22. The molecule has 1 N–H and O–H groups in total. The predicted octanol–water partition coefficient (Wildman–Crippen LogP) is 4.90. The van der Waals surface area contributed by atoms with E-state index in [4.69, 9.17) is 16.3 Å². The van der Waals surface area contributed by atoms with Crippen LogP contribution >= 0.6 is 11.6 Å². The normalized spacial score (nSPS) is 12.2. The van der Waals surface area contributed by atoms with E-state index in [0.717, 1.165) is 28.4 Å². The maximum absolute atomic E-state index is 5.89. The quantitative estimate of drug-likeness (QED) is 0.819. The molecule has 0 heterocycles. The summed E-state index contributed by atoms with van der Waals surface area (Å²) in [5.41, 5.74) is 3.56. The van der Waals surface area contributed by atoms with Gasteiger partial charge < -0.3 is 10.1 Å². The van der Waals surface area contributed by atoms with Gasteiger partial charge in [0.1, 0.15) is 12.4 Å². The molecule has 0 spiro atoms. The average molecular weight is 304 g/mol. The molecule has 0 aliphatic rings. The molecular weight excluding hydrogens is 282 g/mol. The van der Waals surface area contributed by atoms with E-state index in [-0.39, 0.29) is 0 Å². The highest BCUT2D eigenvalue weighted by atomic mass is 35.5. The van der Waals surface area contributed by atoms with Crippen molar-refractivity contribution in [1.82, 2.24) is 5.32 Å². The van der Waals surface area contributed by atoms with E-state index in [1.165, 1.54) is 5.56 Å². The lowest BCUT2D eigenvalue weighted by Crippen LogP contribution is -2.17. The van der Waals surface area contributed by atoms with Crippen LogP contribution in [-0.4, -0.2) is 6.54 Å². The number of aryl methyl sites for hydroxylation is 1. The summed E-state index contributed by atoms with van der Waals surface area (Å²) in [7, 11) is 0. The van der Waals surface area contributed by atoms with E-state index in [2.05, 4.69) is 44.3 Å². The summed E-state index contributed by atoms with van der Waals surface area (Å²) < 4.78 is 5.89. The van der Waals surface area contributed by atoms with Gasteiger partial charge in [-0.15, -0.1) is 0 Å². The Morgan fingerprint density at radius 2 is 1.86 bits per heavy atom. The first-order valence-corrected chi connectivity index (χ1v) is 7.69. The van der Waals surface area contributed by atoms with Crippen molar-refractivity contribution in [3.63, 3.8) is 0 Å². The molecule has 0 saturated carbocycles. The van der Waals surface area contributed by atoms with E-state index >= 15 is 0 Å². The first kappa shape index (κ1) is 15.9. The van der Waals surface area contributed by atoms with E-state index in [9.17, 15) is 0 Å². The molecule has 0 aliphatic carbocycles. The van der Waals surface area contributed by atoms with Gasteiger partial charge in [0.2, 0.25) is 0 Å². The largest absolute Gasteiger partial charge is 0.489 e. The van der Waals surface area contributed by atoms with Crippen LogP contribution < -0.4 is 10.1 Å². The Kier molecular flexibility index (Phi) is 5.66. The van der Waals surface area contributed by atoms with Crippen molar-refractivity contribution in [1.29, 1.82) is 0 Å². The molecule has 2 aromatic carbocycles. The Bertz CT molecular complexity index is 580. The fraction of sp³-hybridized carbons (Fsp3) is 0.333. The topological polar surface area (TPSA) is 21.3 Å². The standard InChI is InChI=1S/C18H22ClNO/c1-4-20-14(3)16-7-10-18(13(2)11-16)21-12-15-5-8-17(19)9-6-15/h5-11,14,20H,4,12H2,1-3H3. The third-order valence-electron chi connectivity index (χ3n) is 3.52. The Morgan fingerprint density at radius 1 is 1.14 bits per heavy atom. The highest BCUT2D eigenvalue weighted by Gasteiger charge is 2.07. The number of hydrogen-bond acceptors (Lipinski definition) is 2. The summed E-state index contributed by atoms with van der Waals surface area (Å²) in [5, 5.41) is 4.17. The molecule has 21 heavy (non-hydrogen) atoms. The molecule has 1 unspecified atom stereocenters. The summed E-state index contributed by atoms with van der Waals surface area (Å²) in [6.07, 6.45) is 0. The first-order valence-electron chi connectivity index (χ1n) is 7.31. The highest BCUT2D eigenvalue weighted by molar-refractivity contribution is 6.30. The second kappa shape index (κ2) is 7.48. The van der Waals surface area contributed by atoms with Gasteiger partial charge in [-0.25, -0.2) is 0 Å². The minimum absolute atomic E-state index is 0.360. The summed E-state index contributed by atoms with van der Waals surface area (Å²) in [5.74, 6) is 0.928. The van der Waals surface area contributed by atoms with Crippen molar-refractivity contribution >= 4 is 11.6 Å².